The van der Waals surface area contributed by atoms with Crippen LogP contribution in [0.5, 0.6) is 0 Å². The zero-order valence-electron chi connectivity index (χ0n) is 12.5. The molecule has 5 heteroatoms. The third kappa shape index (κ3) is 4.32. The van der Waals surface area contributed by atoms with Crippen LogP contribution in [-0.4, -0.2) is 36.9 Å². The Kier molecular flexibility index (Phi) is 5.89. The molecule has 0 spiro atoms. The van der Waals surface area contributed by atoms with Crippen molar-refractivity contribution in [1.82, 2.24) is 4.90 Å². The van der Waals surface area contributed by atoms with Gasteiger partial charge in [0.25, 0.3) is 0 Å². The number of alkyl halides is 1. The monoisotopic (exact) mass is 333 g/mol. The van der Waals surface area contributed by atoms with Crippen molar-refractivity contribution in [1.29, 1.82) is 0 Å². The summed E-state index contributed by atoms with van der Waals surface area (Å²) >= 11 is 12.1. The average Bonchev–Trinajstić information content (AvgIpc) is 2.37. The Hall–Kier alpha value is -0.350. The van der Waals surface area contributed by atoms with Gasteiger partial charge in [-0.2, -0.15) is 0 Å². The lowest BCUT2D eigenvalue weighted by Gasteiger charge is -2.48. The van der Waals surface area contributed by atoms with Gasteiger partial charge in [-0.3, -0.25) is 4.90 Å². The van der Waals surface area contributed by atoms with Gasteiger partial charge in [-0.25, -0.2) is 4.39 Å². The van der Waals surface area contributed by atoms with E-state index in [4.69, 9.17) is 27.9 Å². The lowest BCUT2D eigenvalue weighted by Crippen LogP contribution is -2.62. The molecule has 1 aromatic rings. The quantitative estimate of drug-likeness (QED) is 0.658. The summed E-state index contributed by atoms with van der Waals surface area (Å²) in [6.45, 7) is 5.72. The normalized spacial score (nSPS) is 19.3. The van der Waals surface area contributed by atoms with Gasteiger partial charge in [-0.1, -0.05) is 37.0 Å². The van der Waals surface area contributed by atoms with Gasteiger partial charge in [0.15, 0.2) is 5.67 Å². The van der Waals surface area contributed by atoms with Crippen molar-refractivity contribution in [2.24, 2.45) is 0 Å². The van der Waals surface area contributed by atoms with Crippen molar-refractivity contribution in [3.05, 3.63) is 33.8 Å². The molecular formula is C16H22Cl2FNO. The minimum atomic E-state index is -1.22. The van der Waals surface area contributed by atoms with Crippen LogP contribution in [0.15, 0.2) is 18.2 Å². The van der Waals surface area contributed by atoms with Crippen molar-refractivity contribution >= 4 is 23.2 Å². The molecule has 0 bridgehead atoms. The van der Waals surface area contributed by atoms with Crippen LogP contribution in [0.4, 0.5) is 4.39 Å². The first-order chi connectivity index (χ1) is 9.97. The number of nitrogens with zero attached hydrogens (tertiary/aromatic N) is 1. The van der Waals surface area contributed by atoms with Crippen LogP contribution in [0.3, 0.4) is 0 Å². The van der Waals surface area contributed by atoms with Crippen molar-refractivity contribution in [2.75, 3.05) is 26.3 Å². The summed E-state index contributed by atoms with van der Waals surface area (Å²) in [6.07, 6.45) is 1.81. The molecule has 1 aliphatic rings. The number of rotatable bonds is 7. The van der Waals surface area contributed by atoms with Crippen LogP contribution >= 0.6 is 23.2 Å². The summed E-state index contributed by atoms with van der Waals surface area (Å²) in [6, 6.07) is 5.69. The third-order valence-corrected chi connectivity index (χ3v) is 4.22. The minimum absolute atomic E-state index is 0.149. The zero-order chi connectivity index (χ0) is 15.5. The maximum atomic E-state index is 14.4. The van der Waals surface area contributed by atoms with E-state index in [1.807, 2.05) is 19.1 Å². The van der Waals surface area contributed by atoms with Crippen LogP contribution in [0.1, 0.15) is 38.3 Å². The number of likely N-dealkylation sites (tertiary alicyclic amines) is 1. The maximum Gasteiger partial charge on any atom is 0.159 e. The predicted molar refractivity (Wildman–Crippen MR) is 86.0 cm³/mol. The number of halogens is 3. The summed E-state index contributed by atoms with van der Waals surface area (Å²) in [5, 5.41) is 1.24. The molecule has 21 heavy (non-hydrogen) atoms. The van der Waals surface area contributed by atoms with Crippen LogP contribution in [0.2, 0.25) is 10.0 Å². The van der Waals surface area contributed by atoms with Crippen LogP contribution in [-0.2, 0) is 4.74 Å². The molecule has 2 nitrogen and oxygen atoms in total. The van der Waals surface area contributed by atoms with E-state index in [1.165, 1.54) is 0 Å². The molecule has 1 fully saturated rings. The van der Waals surface area contributed by atoms with Gasteiger partial charge in [0.2, 0.25) is 0 Å². The molecule has 118 valence electrons. The summed E-state index contributed by atoms with van der Waals surface area (Å²) in [7, 11) is 0. The van der Waals surface area contributed by atoms with Crippen molar-refractivity contribution in [2.45, 2.75) is 38.4 Å². The molecule has 1 heterocycles. The highest BCUT2D eigenvalue weighted by molar-refractivity contribution is 6.34. The first-order valence-corrected chi connectivity index (χ1v) is 8.19. The third-order valence-electron chi connectivity index (χ3n) is 3.78. The highest BCUT2D eigenvalue weighted by atomic mass is 35.5. The van der Waals surface area contributed by atoms with E-state index in [0.717, 1.165) is 18.4 Å². The van der Waals surface area contributed by atoms with Gasteiger partial charge in [0.1, 0.15) is 0 Å². The van der Waals surface area contributed by atoms with Gasteiger partial charge in [0, 0.05) is 35.8 Å². The Morgan fingerprint density at radius 3 is 2.38 bits per heavy atom. The Morgan fingerprint density at radius 2 is 1.86 bits per heavy atom. The predicted octanol–water partition coefficient (Wildman–Crippen LogP) is 4.90. The fourth-order valence-electron chi connectivity index (χ4n) is 2.87. The van der Waals surface area contributed by atoms with Crippen molar-refractivity contribution in [3.8, 4) is 0 Å². The second kappa shape index (κ2) is 7.28. The van der Waals surface area contributed by atoms with Crippen LogP contribution in [0.25, 0.3) is 0 Å². The van der Waals surface area contributed by atoms with Gasteiger partial charge in [0.05, 0.1) is 6.61 Å². The smallest absolute Gasteiger partial charge is 0.159 e. The molecule has 1 aliphatic heterocycles. The fraction of sp³-hybridized carbons (Fsp3) is 0.625. The van der Waals surface area contributed by atoms with E-state index in [9.17, 15) is 4.39 Å². The second-order valence-electron chi connectivity index (χ2n) is 5.74. The molecular weight excluding hydrogens is 312 g/mol. The van der Waals surface area contributed by atoms with E-state index >= 15 is 0 Å². The Morgan fingerprint density at radius 1 is 1.24 bits per heavy atom. The van der Waals surface area contributed by atoms with E-state index in [2.05, 4.69) is 11.8 Å². The first-order valence-electron chi connectivity index (χ1n) is 7.44. The Bertz CT molecular complexity index is 457. The number of hydrogen-bond acceptors (Lipinski definition) is 2. The molecule has 0 amide bonds. The largest absolute Gasteiger partial charge is 0.378 e. The molecule has 0 N–H and O–H groups in total. The first kappa shape index (κ1) is 17.0. The van der Waals surface area contributed by atoms with Gasteiger partial charge < -0.3 is 4.74 Å². The zero-order valence-corrected chi connectivity index (χ0v) is 14.1. The summed E-state index contributed by atoms with van der Waals surface area (Å²) < 4.78 is 19.8. The SMILES string of the molecule is CCCOCC1(F)CN(C(CC)c2cc(Cl)cc(Cl)c2)C1. The number of benzene rings is 1. The lowest BCUT2D eigenvalue weighted by atomic mass is 9.91. The van der Waals surface area contributed by atoms with Gasteiger partial charge in [-0.15, -0.1) is 0 Å². The van der Waals surface area contributed by atoms with Crippen LogP contribution in [0, 0.1) is 0 Å². The standard InChI is InChI=1S/C16H22Cl2FNO/c1-3-5-21-11-16(19)9-20(10-16)15(4-2)12-6-13(17)8-14(18)7-12/h6-8,15H,3-5,9-11H2,1-2H3. The number of ether oxygens (including phenoxy) is 1. The average molecular weight is 334 g/mol. The molecule has 1 aromatic carbocycles. The molecule has 0 aliphatic carbocycles. The fourth-order valence-corrected chi connectivity index (χ4v) is 3.41. The lowest BCUT2D eigenvalue weighted by molar-refractivity contribution is -0.104. The summed E-state index contributed by atoms with van der Waals surface area (Å²) in [5.41, 5.74) is -0.170. The van der Waals surface area contributed by atoms with Gasteiger partial charge >= 0.3 is 0 Å². The molecule has 2 rings (SSSR count). The number of hydrogen-bond donors (Lipinski definition) is 0. The van der Waals surface area contributed by atoms with Crippen molar-refractivity contribution in [3.63, 3.8) is 0 Å². The Labute approximate surface area is 136 Å². The van der Waals surface area contributed by atoms with E-state index in [1.54, 1.807) is 6.07 Å². The van der Waals surface area contributed by atoms with E-state index < -0.39 is 5.67 Å². The molecule has 1 saturated heterocycles. The van der Waals surface area contributed by atoms with E-state index in [0.29, 0.717) is 29.7 Å². The maximum absolute atomic E-state index is 14.4. The molecule has 0 aromatic heterocycles. The van der Waals surface area contributed by atoms with Gasteiger partial charge in [-0.05, 0) is 36.6 Å². The molecule has 0 radical (unpaired) electrons. The topological polar surface area (TPSA) is 12.5 Å². The van der Waals surface area contributed by atoms with Crippen LogP contribution < -0.4 is 0 Å². The minimum Gasteiger partial charge on any atom is -0.378 e. The Balaban J connectivity index is 1.98. The second-order valence-corrected chi connectivity index (χ2v) is 6.61. The van der Waals surface area contributed by atoms with E-state index in [-0.39, 0.29) is 12.6 Å². The summed E-state index contributed by atoms with van der Waals surface area (Å²) in [5.74, 6) is 0. The summed E-state index contributed by atoms with van der Waals surface area (Å²) in [4.78, 5) is 2.12. The molecule has 1 unspecified atom stereocenters. The highest BCUT2D eigenvalue weighted by Crippen LogP contribution is 2.37. The highest BCUT2D eigenvalue weighted by Gasteiger charge is 2.46. The van der Waals surface area contributed by atoms with Crippen molar-refractivity contribution < 1.29 is 9.13 Å². The molecule has 0 saturated carbocycles. The molecule has 1 atom stereocenters.